The lowest BCUT2D eigenvalue weighted by molar-refractivity contribution is 0.0952. The number of para-hydroxylation sites is 3. The Bertz CT molecular complexity index is 1160. The highest BCUT2D eigenvalue weighted by molar-refractivity contribution is 5.97. The summed E-state index contributed by atoms with van der Waals surface area (Å²) in [7, 11) is 0. The number of carbonyl (C=O) groups is 1. The van der Waals surface area contributed by atoms with E-state index in [1.165, 1.54) is 24.4 Å². The zero-order valence-electron chi connectivity index (χ0n) is 14.4. The van der Waals surface area contributed by atoms with E-state index in [9.17, 15) is 14.0 Å². The first-order valence-corrected chi connectivity index (χ1v) is 8.65. The molecule has 0 aliphatic heterocycles. The number of nitrogens with one attached hydrogen (secondary N) is 3. The van der Waals surface area contributed by atoms with Crippen molar-refractivity contribution in [3.8, 4) is 0 Å². The van der Waals surface area contributed by atoms with E-state index >= 15 is 0 Å². The minimum Gasteiger partial charge on any atom is -0.358 e. The molecule has 0 saturated carbocycles. The molecular weight excluding hydrogens is 347 g/mol. The Morgan fingerprint density at radius 1 is 1.15 bits per heavy atom. The summed E-state index contributed by atoms with van der Waals surface area (Å²) in [5, 5.41) is 2.89. The number of amides is 1. The smallest absolute Gasteiger partial charge is 0.256 e. The van der Waals surface area contributed by atoms with Crippen molar-refractivity contribution >= 4 is 27.8 Å². The average molecular weight is 364 g/mol. The Kier molecular flexibility index (Phi) is 4.42. The van der Waals surface area contributed by atoms with Gasteiger partial charge >= 0.3 is 0 Å². The van der Waals surface area contributed by atoms with E-state index in [0.29, 0.717) is 19.4 Å². The number of aromatic nitrogens is 3. The van der Waals surface area contributed by atoms with E-state index in [4.69, 9.17) is 0 Å². The van der Waals surface area contributed by atoms with Crippen LogP contribution < -0.4 is 10.7 Å². The fourth-order valence-corrected chi connectivity index (χ4v) is 3.06. The van der Waals surface area contributed by atoms with Crippen LogP contribution >= 0.6 is 0 Å². The van der Waals surface area contributed by atoms with Gasteiger partial charge in [-0.3, -0.25) is 9.59 Å². The van der Waals surface area contributed by atoms with Gasteiger partial charge in [0.1, 0.15) is 17.2 Å². The third-order valence-corrected chi connectivity index (χ3v) is 4.42. The van der Waals surface area contributed by atoms with Gasteiger partial charge in [0.25, 0.3) is 5.91 Å². The molecule has 0 radical (unpaired) electrons. The van der Waals surface area contributed by atoms with Gasteiger partial charge in [-0.1, -0.05) is 18.2 Å². The molecular formula is C20H17FN4O2. The quantitative estimate of drug-likeness (QED) is 0.476. The molecule has 0 spiro atoms. The predicted octanol–water partition coefficient (Wildman–Crippen LogP) is 2.91. The first-order chi connectivity index (χ1) is 13.1. The van der Waals surface area contributed by atoms with E-state index in [1.54, 1.807) is 0 Å². The van der Waals surface area contributed by atoms with Gasteiger partial charge in [-0.15, -0.1) is 0 Å². The third-order valence-electron chi connectivity index (χ3n) is 4.42. The highest BCUT2D eigenvalue weighted by Gasteiger charge is 2.14. The first kappa shape index (κ1) is 17.0. The number of benzene rings is 2. The number of hydrogen-bond donors (Lipinski definition) is 3. The molecule has 3 N–H and O–H groups in total. The third kappa shape index (κ3) is 3.31. The second-order valence-electron chi connectivity index (χ2n) is 6.25. The van der Waals surface area contributed by atoms with Crippen LogP contribution in [0.1, 0.15) is 22.6 Å². The summed E-state index contributed by atoms with van der Waals surface area (Å²) in [5.74, 6) is -0.154. The number of H-pyrrole nitrogens is 2. The molecule has 0 fully saturated rings. The van der Waals surface area contributed by atoms with Crippen LogP contribution in [0, 0.1) is 5.82 Å². The largest absolute Gasteiger partial charge is 0.358 e. The van der Waals surface area contributed by atoms with Gasteiger partial charge in [0.2, 0.25) is 5.43 Å². The lowest BCUT2D eigenvalue weighted by atomic mass is 10.1. The summed E-state index contributed by atoms with van der Waals surface area (Å²) in [6, 6.07) is 12.0. The maximum absolute atomic E-state index is 13.7. The summed E-state index contributed by atoms with van der Waals surface area (Å²) in [4.78, 5) is 35.1. The fourth-order valence-electron chi connectivity index (χ4n) is 3.06. The Hall–Kier alpha value is -3.48. The van der Waals surface area contributed by atoms with Crippen LogP contribution in [0.2, 0.25) is 0 Å². The van der Waals surface area contributed by atoms with Crippen molar-refractivity contribution in [2.24, 2.45) is 0 Å². The van der Waals surface area contributed by atoms with E-state index in [0.717, 1.165) is 16.9 Å². The average Bonchev–Trinajstić information content (AvgIpc) is 3.09. The molecule has 0 bridgehead atoms. The lowest BCUT2D eigenvalue weighted by Gasteiger charge is -2.06. The number of aryl methyl sites for hydroxylation is 1. The van der Waals surface area contributed by atoms with Crippen molar-refractivity contribution in [1.82, 2.24) is 20.3 Å². The molecule has 0 saturated heterocycles. The molecule has 7 heteroatoms. The number of nitrogens with zero attached hydrogens (tertiary/aromatic N) is 1. The maximum Gasteiger partial charge on any atom is 0.256 e. The Balaban J connectivity index is 1.40. The summed E-state index contributed by atoms with van der Waals surface area (Å²) in [5.41, 5.74) is 1.47. The fraction of sp³-hybridized carbons (Fsp3) is 0.150. The molecule has 2 aromatic carbocycles. The summed E-state index contributed by atoms with van der Waals surface area (Å²) in [6.45, 7) is 0.399. The predicted molar refractivity (Wildman–Crippen MR) is 101 cm³/mol. The normalized spacial score (nSPS) is 11.1. The molecule has 0 atom stereocenters. The van der Waals surface area contributed by atoms with Gasteiger partial charge in [-0.05, 0) is 30.7 Å². The monoisotopic (exact) mass is 364 g/mol. The summed E-state index contributed by atoms with van der Waals surface area (Å²) >= 11 is 0. The summed E-state index contributed by atoms with van der Waals surface area (Å²) < 4.78 is 13.7. The van der Waals surface area contributed by atoms with Gasteiger partial charge in [0, 0.05) is 24.5 Å². The highest BCUT2D eigenvalue weighted by Crippen LogP contribution is 2.13. The van der Waals surface area contributed by atoms with Crippen molar-refractivity contribution in [1.29, 1.82) is 0 Å². The maximum atomic E-state index is 13.7. The van der Waals surface area contributed by atoms with Crippen molar-refractivity contribution in [2.75, 3.05) is 6.54 Å². The summed E-state index contributed by atoms with van der Waals surface area (Å²) in [6.07, 6.45) is 2.60. The molecule has 2 heterocycles. The van der Waals surface area contributed by atoms with Crippen LogP contribution in [0.5, 0.6) is 0 Å². The van der Waals surface area contributed by atoms with Gasteiger partial charge in [-0.25, -0.2) is 9.37 Å². The van der Waals surface area contributed by atoms with Gasteiger partial charge in [-0.2, -0.15) is 0 Å². The van der Waals surface area contributed by atoms with Crippen LogP contribution in [-0.4, -0.2) is 27.4 Å². The molecule has 136 valence electrons. The second-order valence-corrected chi connectivity index (χ2v) is 6.25. The van der Waals surface area contributed by atoms with Gasteiger partial charge in [0.05, 0.1) is 16.6 Å². The minimum absolute atomic E-state index is 0.0307. The van der Waals surface area contributed by atoms with Crippen molar-refractivity contribution in [3.63, 3.8) is 0 Å². The number of pyridine rings is 1. The second kappa shape index (κ2) is 7.03. The number of rotatable bonds is 5. The molecule has 0 aliphatic rings. The topological polar surface area (TPSA) is 90.6 Å². The van der Waals surface area contributed by atoms with E-state index in [2.05, 4.69) is 20.3 Å². The van der Waals surface area contributed by atoms with E-state index in [-0.39, 0.29) is 16.5 Å². The van der Waals surface area contributed by atoms with Crippen molar-refractivity contribution < 1.29 is 9.18 Å². The number of imidazole rings is 1. The number of carbonyl (C=O) groups excluding carboxylic acids is 1. The van der Waals surface area contributed by atoms with Crippen LogP contribution in [0.15, 0.2) is 53.5 Å². The minimum atomic E-state index is -0.526. The Labute approximate surface area is 153 Å². The molecule has 0 unspecified atom stereocenters. The molecule has 27 heavy (non-hydrogen) atoms. The van der Waals surface area contributed by atoms with Crippen LogP contribution in [0.4, 0.5) is 4.39 Å². The van der Waals surface area contributed by atoms with Crippen molar-refractivity contribution in [2.45, 2.75) is 12.8 Å². The van der Waals surface area contributed by atoms with Crippen LogP contribution in [0.25, 0.3) is 21.9 Å². The van der Waals surface area contributed by atoms with Crippen LogP contribution in [-0.2, 0) is 6.42 Å². The number of fused-ring (bicyclic) bond motifs is 2. The Morgan fingerprint density at radius 2 is 2.00 bits per heavy atom. The molecule has 4 rings (SSSR count). The number of halogens is 1. The molecule has 6 nitrogen and oxygen atoms in total. The molecule has 1 amide bonds. The zero-order chi connectivity index (χ0) is 18.8. The van der Waals surface area contributed by atoms with E-state index in [1.807, 2.05) is 24.3 Å². The van der Waals surface area contributed by atoms with Crippen LogP contribution in [0.3, 0.4) is 0 Å². The number of aromatic amines is 2. The molecule has 0 aliphatic carbocycles. The van der Waals surface area contributed by atoms with Gasteiger partial charge in [0.15, 0.2) is 0 Å². The van der Waals surface area contributed by atoms with Gasteiger partial charge < -0.3 is 15.3 Å². The molecule has 2 aromatic heterocycles. The van der Waals surface area contributed by atoms with Crippen molar-refractivity contribution in [3.05, 3.63) is 76.1 Å². The molecule has 4 aromatic rings. The standard InChI is InChI=1S/C20H17FN4O2/c21-14-6-3-5-12-18(14)23-11-13(19(12)26)20(27)22-10-4-9-17-24-15-7-1-2-8-16(15)25-17/h1-3,5-8,11H,4,9-10H2,(H,22,27)(H,23,26)(H,24,25). The first-order valence-electron chi connectivity index (χ1n) is 8.65. The lowest BCUT2D eigenvalue weighted by Crippen LogP contribution is -2.30. The number of hydrogen-bond acceptors (Lipinski definition) is 3. The highest BCUT2D eigenvalue weighted by atomic mass is 19.1. The van der Waals surface area contributed by atoms with E-state index < -0.39 is 17.2 Å². The SMILES string of the molecule is O=C(NCCCc1nc2ccccc2[nH]1)c1c[nH]c2c(F)cccc2c1=O. The Morgan fingerprint density at radius 3 is 2.85 bits per heavy atom. The zero-order valence-corrected chi connectivity index (χ0v) is 14.4.